The highest BCUT2D eigenvalue weighted by atomic mass is 19.4. The minimum atomic E-state index is -5.03. The molecule has 9 heteroatoms. The van der Waals surface area contributed by atoms with Gasteiger partial charge >= 0.3 is 6.18 Å². The average Bonchev–Trinajstić information content (AvgIpc) is 3.16. The van der Waals surface area contributed by atoms with E-state index >= 15 is 0 Å². The van der Waals surface area contributed by atoms with Crippen molar-refractivity contribution >= 4 is 5.91 Å². The van der Waals surface area contributed by atoms with Gasteiger partial charge in [0.15, 0.2) is 0 Å². The van der Waals surface area contributed by atoms with E-state index in [0.717, 1.165) is 16.3 Å². The lowest BCUT2D eigenvalue weighted by Gasteiger charge is -2.40. The second-order valence-electron chi connectivity index (χ2n) is 7.52. The van der Waals surface area contributed by atoms with E-state index in [2.05, 4.69) is 11.2 Å². The first kappa shape index (κ1) is 20.9. The van der Waals surface area contributed by atoms with Crippen LogP contribution in [0.15, 0.2) is 36.5 Å². The molecule has 29 heavy (non-hydrogen) atoms. The molecular weight excluding hydrogens is 385 g/mol. The van der Waals surface area contributed by atoms with Gasteiger partial charge in [-0.25, -0.2) is 4.68 Å². The molecule has 3 unspecified atom stereocenters. The minimum Gasteiger partial charge on any atom is -0.373 e. The quantitative estimate of drug-likeness (QED) is 0.850. The Morgan fingerprint density at radius 3 is 2.48 bits per heavy atom. The SMILES string of the molecule is CC1CN(C(=O)C(C)(O)C(F)(F)F)CCC1c1ccnn1-c1ccc(C#N)cc1. The zero-order valence-corrected chi connectivity index (χ0v) is 16.0. The van der Waals surface area contributed by atoms with Crippen LogP contribution in [0.5, 0.6) is 0 Å². The number of aliphatic hydroxyl groups is 1. The predicted molar refractivity (Wildman–Crippen MR) is 98.1 cm³/mol. The number of likely N-dealkylation sites (tertiary alicyclic amines) is 1. The average molecular weight is 406 g/mol. The maximum atomic E-state index is 13.0. The molecular formula is C20H21F3N4O2. The zero-order chi connectivity index (χ0) is 21.4. The van der Waals surface area contributed by atoms with Crippen LogP contribution in [0.1, 0.15) is 37.4 Å². The second kappa shape index (κ2) is 7.52. The Bertz CT molecular complexity index is 928. The van der Waals surface area contributed by atoms with Gasteiger partial charge in [0, 0.05) is 30.9 Å². The van der Waals surface area contributed by atoms with Crippen LogP contribution in [-0.4, -0.2) is 50.6 Å². The van der Waals surface area contributed by atoms with E-state index in [4.69, 9.17) is 5.26 Å². The van der Waals surface area contributed by atoms with E-state index in [1.54, 1.807) is 35.1 Å². The van der Waals surface area contributed by atoms with Crippen molar-refractivity contribution in [2.24, 2.45) is 5.92 Å². The first-order chi connectivity index (χ1) is 13.6. The number of halogens is 3. The van der Waals surface area contributed by atoms with Gasteiger partial charge in [-0.2, -0.15) is 23.5 Å². The molecule has 0 spiro atoms. The fraction of sp³-hybridized carbons (Fsp3) is 0.450. The Morgan fingerprint density at radius 2 is 1.93 bits per heavy atom. The summed E-state index contributed by atoms with van der Waals surface area (Å²) in [7, 11) is 0. The summed E-state index contributed by atoms with van der Waals surface area (Å²) in [5.41, 5.74) is -1.21. The lowest BCUT2D eigenvalue weighted by atomic mass is 9.83. The Labute approximate surface area is 166 Å². The molecule has 1 aromatic carbocycles. The molecule has 3 atom stereocenters. The molecule has 2 heterocycles. The molecule has 154 valence electrons. The topological polar surface area (TPSA) is 82.2 Å². The van der Waals surface area contributed by atoms with E-state index in [0.29, 0.717) is 18.9 Å². The van der Waals surface area contributed by atoms with Gasteiger partial charge in [0.25, 0.3) is 5.91 Å². The lowest BCUT2D eigenvalue weighted by Crippen LogP contribution is -2.58. The number of alkyl halides is 3. The summed E-state index contributed by atoms with van der Waals surface area (Å²) in [6, 6.07) is 10.8. The molecule has 1 amide bonds. The second-order valence-corrected chi connectivity index (χ2v) is 7.52. The Hall–Kier alpha value is -2.86. The van der Waals surface area contributed by atoms with Crippen LogP contribution >= 0.6 is 0 Å². The van der Waals surface area contributed by atoms with Crippen molar-refractivity contribution in [3.8, 4) is 11.8 Å². The van der Waals surface area contributed by atoms with Gasteiger partial charge in [-0.15, -0.1) is 0 Å². The van der Waals surface area contributed by atoms with Crippen LogP contribution in [-0.2, 0) is 4.79 Å². The van der Waals surface area contributed by atoms with Gasteiger partial charge in [-0.05, 0) is 49.6 Å². The highest BCUT2D eigenvalue weighted by Gasteiger charge is 2.57. The summed E-state index contributed by atoms with van der Waals surface area (Å²) in [5.74, 6) is -1.48. The number of nitriles is 1. The number of rotatable bonds is 3. The van der Waals surface area contributed by atoms with Gasteiger partial charge < -0.3 is 10.0 Å². The van der Waals surface area contributed by atoms with Crippen LogP contribution in [0.4, 0.5) is 13.2 Å². The van der Waals surface area contributed by atoms with E-state index in [1.165, 1.54) is 0 Å². The molecule has 0 saturated carbocycles. The highest BCUT2D eigenvalue weighted by Crippen LogP contribution is 2.37. The molecule has 2 aromatic rings. The third-order valence-corrected chi connectivity index (χ3v) is 5.45. The number of nitrogens with zero attached hydrogens (tertiary/aromatic N) is 4. The van der Waals surface area contributed by atoms with E-state index in [1.807, 2.05) is 13.0 Å². The largest absolute Gasteiger partial charge is 0.426 e. The van der Waals surface area contributed by atoms with Crippen LogP contribution in [0, 0.1) is 17.2 Å². The molecule has 0 radical (unpaired) electrons. The number of amides is 1. The summed E-state index contributed by atoms with van der Waals surface area (Å²) in [4.78, 5) is 13.3. The number of aromatic nitrogens is 2. The molecule has 1 aliphatic heterocycles. The fourth-order valence-corrected chi connectivity index (χ4v) is 3.69. The summed E-state index contributed by atoms with van der Waals surface area (Å²) in [6.45, 7) is 2.57. The van der Waals surface area contributed by atoms with Crippen molar-refractivity contribution < 1.29 is 23.1 Å². The Kier molecular flexibility index (Phi) is 5.41. The molecule has 6 nitrogen and oxygen atoms in total. The number of carbonyl (C=O) groups excluding carboxylic acids is 1. The lowest BCUT2D eigenvalue weighted by molar-refractivity contribution is -0.250. The molecule has 1 fully saturated rings. The van der Waals surface area contributed by atoms with Crippen molar-refractivity contribution in [2.45, 2.75) is 38.0 Å². The Morgan fingerprint density at radius 1 is 1.28 bits per heavy atom. The third-order valence-electron chi connectivity index (χ3n) is 5.45. The number of benzene rings is 1. The summed E-state index contributed by atoms with van der Waals surface area (Å²) in [5, 5.41) is 23.0. The van der Waals surface area contributed by atoms with Gasteiger partial charge in [0.2, 0.25) is 5.60 Å². The van der Waals surface area contributed by atoms with E-state index in [-0.39, 0.29) is 24.9 Å². The molecule has 0 aliphatic carbocycles. The minimum absolute atomic E-state index is 0.0203. The van der Waals surface area contributed by atoms with Gasteiger partial charge in [0.1, 0.15) is 0 Å². The van der Waals surface area contributed by atoms with Crippen molar-refractivity contribution in [3.63, 3.8) is 0 Å². The molecule has 1 saturated heterocycles. The molecule has 1 aromatic heterocycles. The summed E-state index contributed by atoms with van der Waals surface area (Å²) >= 11 is 0. The maximum Gasteiger partial charge on any atom is 0.426 e. The van der Waals surface area contributed by atoms with Gasteiger partial charge in [0.05, 0.1) is 17.3 Å². The van der Waals surface area contributed by atoms with Crippen molar-refractivity contribution in [1.29, 1.82) is 5.26 Å². The third kappa shape index (κ3) is 3.85. The number of hydrogen-bond acceptors (Lipinski definition) is 4. The molecule has 3 rings (SSSR count). The van der Waals surface area contributed by atoms with Gasteiger partial charge in [-0.3, -0.25) is 4.79 Å². The van der Waals surface area contributed by atoms with Crippen LogP contribution < -0.4 is 0 Å². The monoisotopic (exact) mass is 406 g/mol. The molecule has 0 bridgehead atoms. The van der Waals surface area contributed by atoms with Gasteiger partial charge in [-0.1, -0.05) is 6.92 Å². The number of hydrogen-bond donors (Lipinski definition) is 1. The standard InChI is InChI=1S/C20H21F3N4O2/c1-13-12-26(18(28)19(2,29)20(21,22)23)10-8-16(13)17-7-9-25-27(17)15-5-3-14(11-24)4-6-15/h3-7,9,13,16,29H,8,10,12H2,1-2H3. The maximum absolute atomic E-state index is 13.0. The number of piperidine rings is 1. The first-order valence-electron chi connectivity index (χ1n) is 9.19. The van der Waals surface area contributed by atoms with Crippen LogP contribution in [0.25, 0.3) is 5.69 Å². The first-order valence-corrected chi connectivity index (χ1v) is 9.19. The van der Waals surface area contributed by atoms with Crippen molar-refractivity contribution in [1.82, 2.24) is 14.7 Å². The molecule has 1 aliphatic rings. The van der Waals surface area contributed by atoms with E-state index < -0.39 is 17.7 Å². The van der Waals surface area contributed by atoms with Crippen molar-refractivity contribution in [3.05, 3.63) is 47.8 Å². The molecule has 1 N–H and O–H groups in total. The smallest absolute Gasteiger partial charge is 0.373 e. The summed E-state index contributed by atoms with van der Waals surface area (Å²) in [6.07, 6.45) is -2.94. The summed E-state index contributed by atoms with van der Waals surface area (Å²) < 4.78 is 40.7. The number of carbonyl (C=O) groups is 1. The van der Waals surface area contributed by atoms with E-state index in [9.17, 15) is 23.1 Å². The Balaban J connectivity index is 1.79. The van der Waals surface area contributed by atoms with Crippen LogP contribution in [0.2, 0.25) is 0 Å². The highest BCUT2D eigenvalue weighted by molar-refractivity contribution is 5.85. The fourth-order valence-electron chi connectivity index (χ4n) is 3.69. The predicted octanol–water partition coefficient (Wildman–Crippen LogP) is 3.01. The normalized spacial score (nSPS) is 22.0. The van der Waals surface area contributed by atoms with Crippen molar-refractivity contribution in [2.75, 3.05) is 13.1 Å². The zero-order valence-electron chi connectivity index (χ0n) is 16.0. The van der Waals surface area contributed by atoms with Crippen LogP contribution in [0.3, 0.4) is 0 Å².